The van der Waals surface area contributed by atoms with Gasteiger partial charge in [-0.15, -0.1) is 0 Å². The molecule has 0 saturated carbocycles. The summed E-state index contributed by atoms with van der Waals surface area (Å²) >= 11 is 0. The van der Waals surface area contributed by atoms with Gasteiger partial charge in [-0.1, -0.05) is 6.92 Å². The molecule has 1 amide bonds. The molecule has 0 bridgehead atoms. The lowest BCUT2D eigenvalue weighted by atomic mass is 10.1. The molecular weight excluding hydrogens is 290 g/mol. The Labute approximate surface area is 137 Å². The first-order valence-corrected chi connectivity index (χ1v) is 8.37. The Bertz CT molecular complexity index is 708. The van der Waals surface area contributed by atoms with E-state index in [1.165, 1.54) is 0 Å². The molecule has 1 fully saturated rings. The monoisotopic (exact) mass is 315 g/mol. The van der Waals surface area contributed by atoms with Crippen LogP contribution >= 0.6 is 0 Å². The van der Waals surface area contributed by atoms with Gasteiger partial charge in [0.1, 0.15) is 0 Å². The van der Waals surface area contributed by atoms with Gasteiger partial charge in [0, 0.05) is 44.0 Å². The van der Waals surface area contributed by atoms with E-state index in [1.807, 2.05) is 17.9 Å². The smallest absolute Gasteiger partial charge is 0.257 e. The number of piperazine rings is 1. The van der Waals surface area contributed by atoms with Crippen molar-refractivity contribution in [2.24, 2.45) is 0 Å². The number of hydrogen-bond donors (Lipinski definition) is 0. The van der Waals surface area contributed by atoms with Crippen LogP contribution in [0.15, 0.2) is 18.5 Å². The molecule has 6 heteroatoms. The van der Waals surface area contributed by atoms with Gasteiger partial charge in [-0.3, -0.25) is 9.69 Å². The summed E-state index contributed by atoms with van der Waals surface area (Å²) in [6.07, 6.45) is 4.44. The van der Waals surface area contributed by atoms with Crippen LogP contribution in [0.2, 0.25) is 0 Å². The Balaban J connectivity index is 1.83. The topological polar surface area (TPSA) is 53.7 Å². The van der Waals surface area contributed by atoms with E-state index in [1.54, 1.807) is 16.9 Å². The molecule has 1 aliphatic rings. The minimum absolute atomic E-state index is 0.0641. The van der Waals surface area contributed by atoms with Crippen molar-refractivity contribution in [1.82, 2.24) is 24.4 Å². The average molecular weight is 315 g/mol. The third kappa shape index (κ3) is 2.83. The number of hydrogen-bond acceptors (Lipinski definition) is 4. The van der Waals surface area contributed by atoms with Gasteiger partial charge in [0.2, 0.25) is 0 Å². The first-order valence-electron chi connectivity index (χ1n) is 8.37. The lowest BCUT2D eigenvalue weighted by molar-refractivity contribution is 0.0370. The second-order valence-electron chi connectivity index (χ2n) is 6.50. The maximum absolute atomic E-state index is 13.0. The molecule has 1 aliphatic heterocycles. The van der Waals surface area contributed by atoms with Crippen molar-refractivity contribution in [2.45, 2.75) is 46.2 Å². The van der Waals surface area contributed by atoms with Gasteiger partial charge in [0.25, 0.3) is 5.91 Å². The van der Waals surface area contributed by atoms with E-state index in [-0.39, 0.29) is 5.91 Å². The molecule has 23 heavy (non-hydrogen) atoms. The van der Waals surface area contributed by atoms with Crippen LogP contribution < -0.4 is 0 Å². The van der Waals surface area contributed by atoms with Crippen LogP contribution in [0.25, 0.3) is 5.65 Å². The highest BCUT2D eigenvalue weighted by Crippen LogP contribution is 2.19. The molecule has 2 aromatic rings. The largest absolute Gasteiger partial charge is 0.336 e. The number of aryl methyl sites for hydroxylation is 1. The van der Waals surface area contributed by atoms with Crippen molar-refractivity contribution in [2.75, 3.05) is 19.6 Å². The summed E-state index contributed by atoms with van der Waals surface area (Å²) in [7, 11) is 0. The molecule has 3 rings (SSSR count). The fraction of sp³-hybridized carbons (Fsp3) is 0.588. The van der Waals surface area contributed by atoms with Crippen LogP contribution in [0.5, 0.6) is 0 Å². The summed E-state index contributed by atoms with van der Waals surface area (Å²) in [4.78, 5) is 21.7. The van der Waals surface area contributed by atoms with Crippen molar-refractivity contribution >= 4 is 11.6 Å². The van der Waals surface area contributed by atoms with E-state index in [2.05, 4.69) is 35.8 Å². The number of aromatic nitrogens is 3. The molecule has 2 aromatic heterocycles. The van der Waals surface area contributed by atoms with Crippen LogP contribution in [-0.2, 0) is 0 Å². The highest BCUT2D eigenvalue weighted by atomic mass is 16.2. The Kier molecular flexibility index (Phi) is 4.35. The molecule has 0 aromatic carbocycles. The van der Waals surface area contributed by atoms with Gasteiger partial charge in [-0.25, -0.2) is 9.50 Å². The zero-order valence-corrected chi connectivity index (χ0v) is 14.4. The Morgan fingerprint density at radius 3 is 2.87 bits per heavy atom. The van der Waals surface area contributed by atoms with E-state index < -0.39 is 0 Å². The zero-order valence-electron chi connectivity index (χ0n) is 14.4. The van der Waals surface area contributed by atoms with Gasteiger partial charge in [0.15, 0.2) is 5.65 Å². The standard InChI is InChI=1S/C17H25N5O/c1-5-14-11-20(8-9-21(14)12(2)3)17(23)15-10-18-16-6-7-19-22(16)13(15)4/h6-7,10,12,14H,5,8-9,11H2,1-4H3/t14-/m1/s1. The van der Waals surface area contributed by atoms with Gasteiger partial charge in [-0.2, -0.15) is 5.10 Å². The molecule has 1 saturated heterocycles. The second kappa shape index (κ2) is 6.28. The number of carbonyl (C=O) groups is 1. The lowest BCUT2D eigenvalue weighted by Gasteiger charge is -2.43. The normalized spacial score (nSPS) is 19.7. The van der Waals surface area contributed by atoms with Gasteiger partial charge in [0.05, 0.1) is 17.5 Å². The van der Waals surface area contributed by atoms with E-state index >= 15 is 0 Å². The SMILES string of the molecule is CC[C@@H]1CN(C(=O)c2cnc3ccnn3c2C)CCN1C(C)C. The maximum atomic E-state index is 13.0. The average Bonchev–Trinajstić information content (AvgIpc) is 3.03. The number of rotatable bonds is 3. The molecule has 3 heterocycles. The summed E-state index contributed by atoms with van der Waals surface area (Å²) in [5.74, 6) is 0.0641. The van der Waals surface area contributed by atoms with Crippen molar-refractivity contribution < 1.29 is 4.79 Å². The van der Waals surface area contributed by atoms with Crippen molar-refractivity contribution in [3.05, 3.63) is 29.7 Å². The lowest BCUT2D eigenvalue weighted by Crippen LogP contribution is -2.56. The van der Waals surface area contributed by atoms with Gasteiger partial charge < -0.3 is 4.90 Å². The fourth-order valence-electron chi connectivity index (χ4n) is 3.47. The third-order valence-electron chi connectivity index (χ3n) is 4.84. The van der Waals surface area contributed by atoms with E-state index in [0.717, 1.165) is 37.4 Å². The van der Waals surface area contributed by atoms with Gasteiger partial charge in [-0.05, 0) is 27.2 Å². The Morgan fingerprint density at radius 1 is 1.39 bits per heavy atom. The molecule has 0 aliphatic carbocycles. The van der Waals surface area contributed by atoms with Crippen LogP contribution in [0, 0.1) is 6.92 Å². The van der Waals surface area contributed by atoms with E-state index in [9.17, 15) is 4.79 Å². The van der Waals surface area contributed by atoms with E-state index in [4.69, 9.17) is 0 Å². The molecule has 0 spiro atoms. The molecule has 0 radical (unpaired) electrons. The fourth-order valence-corrected chi connectivity index (χ4v) is 3.47. The summed E-state index contributed by atoms with van der Waals surface area (Å²) in [6, 6.07) is 2.78. The minimum atomic E-state index is 0.0641. The predicted octanol–water partition coefficient (Wildman–Crippen LogP) is 1.98. The Morgan fingerprint density at radius 2 is 2.17 bits per heavy atom. The first-order chi connectivity index (χ1) is 11.0. The molecular formula is C17H25N5O. The highest BCUT2D eigenvalue weighted by molar-refractivity contribution is 5.95. The van der Waals surface area contributed by atoms with Crippen molar-refractivity contribution in [3.63, 3.8) is 0 Å². The Hall–Kier alpha value is -1.95. The maximum Gasteiger partial charge on any atom is 0.257 e. The highest BCUT2D eigenvalue weighted by Gasteiger charge is 2.31. The zero-order chi connectivity index (χ0) is 16.6. The first kappa shape index (κ1) is 15.9. The number of fused-ring (bicyclic) bond motifs is 1. The molecule has 124 valence electrons. The second-order valence-corrected chi connectivity index (χ2v) is 6.50. The molecule has 6 nitrogen and oxygen atoms in total. The predicted molar refractivity (Wildman–Crippen MR) is 89.5 cm³/mol. The summed E-state index contributed by atoms with van der Waals surface area (Å²) in [6.45, 7) is 11.0. The summed E-state index contributed by atoms with van der Waals surface area (Å²) < 4.78 is 1.73. The molecule has 0 unspecified atom stereocenters. The quantitative estimate of drug-likeness (QED) is 0.869. The van der Waals surface area contributed by atoms with Crippen molar-refractivity contribution in [3.8, 4) is 0 Å². The third-order valence-corrected chi connectivity index (χ3v) is 4.84. The number of amides is 1. The summed E-state index contributed by atoms with van der Waals surface area (Å²) in [5.41, 5.74) is 2.27. The molecule has 0 N–H and O–H groups in total. The number of nitrogens with zero attached hydrogens (tertiary/aromatic N) is 5. The van der Waals surface area contributed by atoms with Crippen LogP contribution in [0.4, 0.5) is 0 Å². The minimum Gasteiger partial charge on any atom is -0.336 e. The number of carbonyl (C=O) groups excluding carboxylic acids is 1. The van der Waals surface area contributed by atoms with Crippen LogP contribution in [0.3, 0.4) is 0 Å². The summed E-state index contributed by atoms with van der Waals surface area (Å²) in [5, 5.41) is 4.25. The van der Waals surface area contributed by atoms with E-state index in [0.29, 0.717) is 17.6 Å². The van der Waals surface area contributed by atoms with Gasteiger partial charge >= 0.3 is 0 Å². The molecule has 1 atom stereocenters. The van der Waals surface area contributed by atoms with Crippen molar-refractivity contribution in [1.29, 1.82) is 0 Å². The van der Waals surface area contributed by atoms with Crippen LogP contribution in [0.1, 0.15) is 43.2 Å². The van der Waals surface area contributed by atoms with Crippen LogP contribution in [-0.4, -0.2) is 62.0 Å².